The number of methoxy groups -OCH3 is 1. The van der Waals surface area contributed by atoms with Gasteiger partial charge in [-0.05, 0) is 36.4 Å². The van der Waals surface area contributed by atoms with Crippen LogP contribution in [0.3, 0.4) is 0 Å². The highest BCUT2D eigenvalue weighted by molar-refractivity contribution is 7.18. The minimum absolute atomic E-state index is 0.746. The molecule has 0 unspecified atom stereocenters. The Balaban J connectivity index is 1.39. The Morgan fingerprint density at radius 2 is 1.74 bits per heavy atom. The van der Waals surface area contributed by atoms with Gasteiger partial charge in [-0.1, -0.05) is 23.5 Å². The van der Waals surface area contributed by atoms with E-state index < -0.39 is 0 Å². The highest BCUT2D eigenvalue weighted by Crippen LogP contribution is 2.26. The number of benzene rings is 2. The monoisotopic (exact) mass is 393 g/mol. The van der Waals surface area contributed by atoms with Crippen molar-refractivity contribution in [3.8, 4) is 17.1 Å². The third-order valence-corrected chi connectivity index (χ3v) is 6.33. The van der Waals surface area contributed by atoms with E-state index in [1.54, 1.807) is 29.8 Å². The molecule has 0 aliphatic heterocycles. The summed E-state index contributed by atoms with van der Waals surface area (Å²) in [6, 6.07) is 16.0. The molecular formula is C19H15N5OS2. The van der Waals surface area contributed by atoms with Crippen LogP contribution >= 0.6 is 22.7 Å². The lowest BCUT2D eigenvalue weighted by Crippen LogP contribution is -1.94. The minimum atomic E-state index is 0.746. The number of aromatic nitrogens is 5. The maximum absolute atomic E-state index is 5.21. The molecule has 0 saturated heterocycles. The van der Waals surface area contributed by atoms with Crippen molar-refractivity contribution in [3.05, 3.63) is 58.5 Å². The summed E-state index contributed by atoms with van der Waals surface area (Å²) >= 11 is 3.33. The SMILES string of the molecule is COc1ccc(-c2nnc3sc(CCc4nc5ccccc5s4)nn23)cc1. The molecule has 3 heterocycles. The predicted octanol–water partition coefficient (Wildman–Crippen LogP) is 4.26. The molecule has 3 aromatic heterocycles. The molecule has 8 heteroatoms. The van der Waals surface area contributed by atoms with Crippen molar-refractivity contribution >= 4 is 37.9 Å². The van der Waals surface area contributed by atoms with Gasteiger partial charge in [0.25, 0.3) is 0 Å². The number of rotatable bonds is 5. The molecular weight excluding hydrogens is 378 g/mol. The van der Waals surface area contributed by atoms with Crippen molar-refractivity contribution in [1.29, 1.82) is 0 Å². The van der Waals surface area contributed by atoms with Crippen LogP contribution in [0.2, 0.25) is 0 Å². The van der Waals surface area contributed by atoms with Crippen molar-refractivity contribution < 1.29 is 4.74 Å². The smallest absolute Gasteiger partial charge is 0.234 e. The maximum atomic E-state index is 5.21. The Hall–Kier alpha value is -2.84. The van der Waals surface area contributed by atoms with Gasteiger partial charge in [0.1, 0.15) is 10.8 Å². The van der Waals surface area contributed by atoms with Crippen LogP contribution in [-0.2, 0) is 12.8 Å². The van der Waals surface area contributed by atoms with Gasteiger partial charge in [0.2, 0.25) is 4.96 Å². The van der Waals surface area contributed by atoms with Gasteiger partial charge >= 0.3 is 0 Å². The first-order chi connectivity index (χ1) is 13.3. The number of aryl methyl sites for hydroxylation is 2. The van der Waals surface area contributed by atoms with Gasteiger partial charge in [-0.3, -0.25) is 0 Å². The fourth-order valence-electron chi connectivity index (χ4n) is 2.92. The standard InChI is InChI=1S/C19H15N5OS2/c1-25-13-8-6-12(7-9-13)18-21-22-19-24(18)23-17(27-19)11-10-16-20-14-4-2-3-5-15(14)26-16/h2-9H,10-11H2,1H3. The van der Waals surface area contributed by atoms with E-state index in [0.29, 0.717) is 0 Å². The van der Waals surface area contributed by atoms with Crippen molar-refractivity contribution in [3.63, 3.8) is 0 Å². The largest absolute Gasteiger partial charge is 0.497 e. The first-order valence-corrected chi connectivity index (χ1v) is 10.1. The second-order valence-corrected chi connectivity index (χ2v) is 8.17. The van der Waals surface area contributed by atoms with E-state index in [1.165, 1.54) is 4.70 Å². The third-order valence-electron chi connectivity index (χ3n) is 4.27. The zero-order valence-corrected chi connectivity index (χ0v) is 16.1. The van der Waals surface area contributed by atoms with Crippen molar-refractivity contribution in [2.24, 2.45) is 0 Å². The Morgan fingerprint density at radius 3 is 2.56 bits per heavy atom. The van der Waals surface area contributed by atoms with E-state index in [2.05, 4.69) is 22.3 Å². The van der Waals surface area contributed by atoms with E-state index >= 15 is 0 Å². The summed E-state index contributed by atoms with van der Waals surface area (Å²) in [5.41, 5.74) is 2.03. The molecule has 0 spiro atoms. The molecule has 6 nitrogen and oxygen atoms in total. The van der Waals surface area contributed by atoms with Crippen LogP contribution in [0.5, 0.6) is 5.75 Å². The minimum Gasteiger partial charge on any atom is -0.497 e. The molecule has 0 fully saturated rings. The van der Waals surface area contributed by atoms with Crippen molar-refractivity contribution in [2.45, 2.75) is 12.8 Å². The molecule has 0 bridgehead atoms. The Kier molecular flexibility index (Phi) is 4.06. The molecule has 5 rings (SSSR count). The van der Waals surface area contributed by atoms with E-state index in [-0.39, 0.29) is 0 Å². The first kappa shape index (κ1) is 16.3. The van der Waals surface area contributed by atoms with Crippen molar-refractivity contribution in [1.82, 2.24) is 24.8 Å². The molecule has 5 aromatic rings. The maximum Gasteiger partial charge on any atom is 0.234 e. The number of thiazole rings is 1. The summed E-state index contributed by atoms with van der Waals surface area (Å²) in [4.78, 5) is 5.51. The van der Waals surface area contributed by atoms with Gasteiger partial charge in [-0.15, -0.1) is 21.5 Å². The summed E-state index contributed by atoms with van der Waals surface area (Å²) in [7, 11) is 1.66. The summed E-state index contributed by atoms with van der Waals surface area (Å²) in [5.74, 6) is 1.56. The van der Waals surface area contributed by atoms with E-state index in [9.17, 15) is 0 Å². The van der Waals surface area contributed by atoms with Gasteiger partial charge < -0.3 is 4.74 Å². The van der Waals surface area contributed by atoms with Gasteiger partial charge in [-0.25, -0.2) is 4.98 Å². The van der Waals surface area contributed by atoms with Gasteiger partial charge in [-0.2, -0.15) is 9.61 Å². The fourth-order valence-corrected chi connectivity index (χ4v) is 4.72. The number of ether oxygens (including phenoxy) is 1. The summed E-state index contributed by atoms with van der Waals surface area (Å²) in [6.07, 6.45) is 1.72. The molecule has 0 aliphatic carbocycles. The third kappa shape index (κ3) is 3.07. The molecule has 0 atom stereocenters. The number of hydrogen-bond acceptors (Lipinski definition) is 7. The first-order valence-electron chi connectivity index (χ1n) is 8.50. The average Bonchev–Trinajstić information content (AvgIpc) is 3.39. The summed E-state index contributed by atoms with van der Waals surface area (Å²) in [6.45, 7) is 0. The van der Waals surface area contributed by atoms with Crippen LogP contribution in [0.25, 0.3) is 26.6 Å². The Labute approximate surface area is 163 Å². The molecule has 0 aliphatic rings. The summed E-state index contributed by atoms with van der Waals surface area (Å²) in [5, 5.41) is 15.4. The van der Waals surface area contributed by atoms with Crippen LogP contribution in [0, 0.1) is 0 Å². The topological polar surface area (TPSA) is 65.2 Å². The van der Waals surface area contributed by atoms with E-state index in [4.69, 9.17) is 14.8 Å². The van der Waals surface area contributed by atoms with Crippen LogP contribution in [0.15, 0.2) is 48.5 Å². The second-order valence-electron chi connectivity index (χ2n) is 6.02. The van der Waals surface area contributed by atoms with Crippen LogP contribution in [-0.4, -0.2) is 31.9 Å². The van der Waals surface area contributed by atoms with Gasteiger partial charge in [0, 0.05) is 18.4 Å². The predicted molar refractivity (Wildman–Crippen MR) is 108 cm³/mol. The normalized spacial score (nSPS) is 11.4. The zero-order chi connectivity index (χ0) is 18.2. The molecule has 2 aromatic carbocycles. The fraction of sp³-hybridized carbons (Fsp3) is 0.158. The molecule has 0 saturated carbocycles. The number of para-hydroxylation sites is 1. The summed E-state index contributed by atoms with van der Waals surface area (Å²) < 4.78 is 8.26. The van der Waals surface area contributed by atoms with E-state index in [0.717, 1.165) is 50.5 Å². The Morgan fingerprint density at radius 1 is 0.926 bits per heavy atom. The van der Waals surface area contributed by atoms with Crippen LogP contribution in [0.4, 0.5) is 0 Å². The lowest BCUT2D eigenvalue weighted by Gasteiger charge is -2.00. The average molecular weight is 393 g/mol. The van der Waals surface area contributed by atoms with Gasteiger partial charge in [0.15, 0.2) is 5.82 Å². The second kappa shape index (κ2) is 6.71. The lowest BCUT2D eigenvalue weighted by molar-refractivity contribution is 0.415. The highest BCUT2D eigenvalue weighted by atomic mass is 32.1. The number of nitrogens with zero attached hydrogens (tertiary/aromatic N) is 5. The molecule has 0 amide bonds. The number of fused-ring (bicyclic) bond motifs is 2. The van der Waals surface area contributed by atoms with Crippen LogP contribution in [0.1, 0.15) is 10.0 Å². The molecule has 0 radical (unpaired) electrons. The Bertz CT molecular complexity index is 1190. The quantitative estimate of drug-likeness (QED) is 0.446. The van der Waals surface area contributed by atoms with Gasteiger partial charge in [0.05, 0.1) is 22.3 Å². The molecule has 134 valence electrons. The van der Waals surface area contributed by atoms with E-state index in [1.807, 2.05) is 40.9 Å². The van der Waals surface area contributed by atoms with Crippen LogP contribution < -0.4 is 4.74 Å². The lowest BCUT2D eigenvalue weighted by atomic mass is 10.2. The highest BCUT2D eigenvalue weighted by Gasteiger charge is 2.14. The zero-order valence-electron chi connectivity index (χ0n) is 14.5. The van der Waals surface area contributed by atoms with Crippen molar-refractivity contribution in [2.75, 3.05) is 7.11 Å². The molecule has 27 heavy (non-hydrogen) atoms. The number of hydrogen-bond donors (Lipinski definition) is 0. The molecule has 0 N–H and O–H groups in total.